The van der Waals surface area contributed by atoms with Crippen LogP contribution in [0.3, 0.4) is 0 Å². The number of imidazole rings is 1. The molecule has 0 bridgehead atoms. The molecule has 0 saturated heterocycles. The lowest BCUT2D eigenvalue weighted by Gasteiger charge is -2.07. The first kappa shape index (κ1) is 13.3. The number of carbonyl (C=O) groups excluding carboxylic acids is 1. The van der Waals surface area contributed by atoms with Crippen LogP contribution in [-0.4, -0.2) is 20.9 Å². The molecule has 1 amide bonds. The molecule has 0 saturated carbocycles. The predicted molar refractivity (Wildman–Crippen MR) is 81.2 cm³/mol. The summed E-state index contributed by atoms with van der Waals surface area (Å²) in [6, 6.07) is 9.01. The van der Waals surface area contributed by atoms with Crippen LogP contribution in [0.2, 0.25) is 5.02 Å². The Bertz CT molecular complexity index is 754. The van der Waals surface area contributed by atoms with Crippen molar-refractivity contribution in [3.63, 3.8) is 0 Å². The molecule has 2 heterocycles. The molecule has 3 rings (SSSR count). The van der Waals surface area contributed by atoms with Crippen molar-refractivity contribution in [2.24, 2.45) is 0 Å². The van der Waals surface area contributed by atoms with Gasteiger partial charge in [-0.3, -0.25) is 9.78 Å². The number of benzene rings is 1. The number of pyridine rings is 1. The standard InChI is InChI=1S/C15H11ClN4O/c16-13-5-6-17-7-12(13)15(21)20-11-3-1-10(2-4-11)14-8-18-9-19-14/h1-9H,(H,18,19)(H,20,21). The van der Waals surface area contributed by atoms with Crippen LogP contribution in [-0.2, 0) is 0 Å². The molecule has 0 spiro atoms. The van der Waals surface area contributed by atoms with Gasteiger partial charge in [0.2, 0.25) is 0 Å². The van der Waals surface area contributed by atoms with Crippen molar-refractivity contribution in [2.75, 3.05) is 5.32 Å². The van der Waals surface area contributed by atoms with Gasteiger partial charge in [0, 0.05) is 18.1 Å². The van der Waals surface area contributed by atoms with Crippen LogP contribution in [0.15, 0.2) is 55.2 Å². The minimum atomic E-state index is -0.289. The Hall–Kier alpha value is -2.66. The van der Waals surface area contributed by atoms with E-state index in [1.165, 1.54) is 12.4 Å². The summed E-state index contributed by atoms with van der Waals surface area (Å²) in [6.07, 6.45) is 6.34. The topological polar surface area (TPSA) is 70.7 Å². The molecule has 0 aliphatic rings. The van der Waals surface area contributed by atoms with Crippen molar-refractivity contribution >= 4 is 23.2 Å². The van der Waals surface area contributed by atoms with E-state index < -0.39 is 0 Å². The summed E-state index contributed by atoms with van der Waals surface area (Å²) >= 11 is 5.97. The highest BCUT2D eigenvalue weighted by atomic mass is 35.5. The number of halogens is 1. The van der Waals surface area contributed by atoms with Crippen LogP contribution >= 0.6 is 11.6 Å². The van der Waals surface area contributed by atoms with E-state index in [-0.39, 0.29) is 5.91 Å². The Labute approximate surface area is 126 Å². The van der Waals surface area contributed by atoms with Crippen molar-refractivity contribution in [1.82, 2.24) is 15.0 Å². The van der Waals surface area contributed by atoms with Gasteiger partial charge in [0.1, 0.15) is 0 Å². The average molecular weight is 299 g/mol. The summed E-state index contributed by atoms with van der Waals surface area (Å²) in [7, 11) is 0. The van der Waals surface area contributed by atoms with Crippen molar-refractivity contribution in [3.05, 3.63) is 65.8 Å². The maximum absolute atomic E-state index is 12.1. The van der Waals surface area contributed by atoms with Crippen molar-refractivity contribution in [1.29, 1.82) is 0 Å². The van der Waals surface area contributed by atoms with Gasteiger partial charge in [0.25, 0.3) is 5.91 Å². The lowest BCUT2D eigenvalue weighted by atomic mass is 10.1. The van der Waals surface area contributed by atoms with Gasteiger partial charge < -0.3 is 10.3 Å². The summed E-state index contributed by atoms with van der Waals surface area (Å²) < 4.78 is 0. The number of hydrogen-bond acceptors (Lipinski definition) is 3. The molecule has 6 heteroatoms. The van der Waals surface area contributed by atoms with E-state index in [0.717, 1.165) is 11.3 Å². The summed E-state index contributed by atoms with van der Waals surface area (Å²) in [5.41, 5.74) is 2.94. The molecule has 0 fully saturated rings. The molecule has 0 aliphatic carbocycles. The van der Waals surface area contributed by atoms with Gasteiger partial charge in [-0.15, -0.1) is 0 Å². The number of aromatic amines is 1. The number of amides is 1. The van der Waals surface area contributed by atoms with E-state index in [0.29, 0.717) is 16.3 Å². The van der Waals surface area contributed by atoms with E-state index >= 15 is 0 Å². The first-order valence-corrected chi connectivity index (χ1v) is 6.61. The van der Waals surface area contributed by atoms with Crippen LogP contribution in [0.5, 0.6) is 0 Å². The molecule has 0 unspecified atom stereocenters. The molecule has 2 N–H and O–H groups in total. The third-order valence-electron chi connectivity index (χ3n) is 2.96. The van der Waals surface area contributed by atoms with Crippen LogP contribution in [0.1, 0.15) is 10.4 Å². The third-order valence-corrected chi connectivity index (χ3v) is 3.29. The Morgan fingerprint density at radius 3 is 2.57 bits per heavy atom. The van der Waals surface area contributed by atoms with Crippen LogP contribution in [0.4, 0.5) is 5.69 Å². The van der Waals surface area contributed by atoms with Crippen molar-refractivity contribution < 1.29 is 4.79 Å². The lowest BCUT2D eigenvalue weighted by Crippen LogP contribution is -2.12. The quantitative estimate of drug-likeness (QED) is 0.778. The normalized spacial score (nSPS) is 10.3. The molecular formula is C15H11ClN4O. The number of hydrogen-bond donors (Lipinski definition) is 2. The van der Waals surface area contributed by atoms with Gasteiger partial charge in [0.05, 0.1) is 28.8 Å². The fourth-order valence-electron chi connectivity index (χ4n) is 1.89. The number of rotatable bonds is 3. The highest BCUT2D eigenvalue weighted by molar-refractivity contribution is 6.34. The predicted octanol–water partition coefficient (Wildman–Crippen LogP) is 3.38. The molecule has 0 aliphatic heterocycles. The summed E-state index contributed by atoms with van der Waals surface area (Å²) in [6.45, 7) is 0. The average Bonchev–Trinajstić information content (AvgIpc) is 3.02. The lowest BCUT2D eigenvalue weighted by molar-refractivity contribution is 0.102. The maximum atomic E-state index is 12.1. The Morgan fingerprint density at radius 1 is 1.10 bits per heavy atom. The van der Waals surface area contributed by atoms with E-state index in [2.05, 4.69) is 20.3 Å². The number of nitrogens with one attached hydrogen (secondary N) is 2. The first-order valence-electron chi connectivity index (χ1n) is 6.24. The van der Waals surface area contributed by atoms with Gasteiger partial charge in [-0.05, 0) is 23.8 Å². The minimum Gasteiger partial charge on any atom is -0.345 e. The van der Waals surface area contributed by atoms with E-state index in [4.69, 9.17) is 11.6 Å². The second-order valence-electron chi connectivity index (χ2n) is 4.35. The zero-order valence-corrected chi connectivity index (χ0v) is 11.6. The SMILES string of the molecule is O=C(Nc1ccc(-c2cnc[nH]2)cc1)c1cnccc1Cl. The second-order valence-corrected chi connectivity index (χ2v) is 4.76. The fraction of sp³-hybridized carbons (Fsp3) is 0. The molecule has 2 aromatic heterocycles. The second kappa shape index (κ2) is 5.76. The van der Waals surface area contributed by atoms with E-state index in [1.807, 2.05) is 24.3 Å². The van der Waals surface area contributed by atoms with E-state index in [9.17, 15) is 4.79 Å². The third kappa shape index (κ3) is 2.93. The van der Waals surface area contributed by atoms with Crippen LogP contribution in [0, 0.1) is 0 Å². The molecule has 104 valence electrons. The number of carbonyl (C=O) groups is 1. The largest absolute Gasteiger partial charge is 0.345 e. The van der Waals surface area contributed by atoms with Gasteiger partial charge in [-0.1, -0.05) is 23.7 Å². The minimum absolute atomic E-state index is 0.289. The first-order chi connectivity index (χ1) is 10.2. The molecule has 0 atom stereocenters. The zero-order chi connectivity index (χ0) is 14.7. The monoisotopic (exact) mass is 298 g/mol. The maximum Gasteiger partial charge on any atom is 0.258 e. The Balaban J connectivity index is 1.77. The zero-order valence-electron chi connectivity index (χ0n) is 10.9. The van der Waals surface area contributed by atoms with Crippen molar-refractivity contribution in [3.8, 4) is 11.3 Å². The molecule has 1 aromatic carbocycles. The Morgan fingerprint density at radius 2 is 1.90 bits per heavy atom. The van der Waals surface area contributed by atoms with Crippen LogP contribution < -0.4 is 5.32 Å². The van der Waals surface area contributed by atoms with E-state index in [1.54, 1.807) is 18.6 Å². The molecule has 3 aromatic rings. The Kier molecular flexibility index (Phi) is 3.66. The molecule has 0 radical (unpaired) electrons. The van der Waals surface area contributed by atoms with Gasteiger partial charge >= 0.3 is 0 Å². The highest BCUT2D eigenvalue weighted by Crippen LogP contribution is 2.20. The smallest absolute Gasteiger partial charge is 0.258 e. The van der Waals surface area contributed by atoms with Gasteiger partial charge in [-0.2, -0.15) is 0 Å². The summed E-state index contributed by atoms with van der Waals surface area (Å²) in [4.78, 5) is 23.0. The number of H-pyrrole nitrogens is 1. The summed E-state index contributed by atoms with van der Waals surface area (Å²) in [5.74, 6) is -0.289. The van der Waals surface area contributed by atoms with Crippen molar-refractivity contribution in [2.45, 2.75) is 0 Å². The highest BCUT2D eigenvalue weighted by Gasteiger charge is 2.10. The number of anilines is 1. The molecule has 21 heavy (non-hydrogen) atoms. The fourth-order valence-corrected chi connectivity index (χ4v) is 2.08. The van der Waals surface area contributed by atoms with Crippen LogP contribution in [0.25, 0.3) is 11.3 Å². The number of aromatic nitrogens is 3. The molecular weight excluding hydrogens is 288 g/mol. The van der Waals surface area contributed by atoms with Gasteiger partial charge in [0.15, 0.2) is 0 Å². The summed E-state index contributed by atoms with van der Waals surface area (Å²) in [5, 5.41) is 3.15. The molecule has 5 nitrogen and oxygen atoms in total. The van der Waals surface area contributed by atoms with Gasteiger partial charge in [-0.25, -0.2) is 4.98 Å². The number of nitrogens with zero attached hydrogens (tertiary/aromatic N) is 2.